The van der Waals surface area contributed by atoms with E-state index < -0.39 is 11.9 Å². The van der Waals surface area contributed by atoms with Crippen LogP contribution in [0.5, 0.6) is 0 Å². The standard InChI is InChI=1S/C25H21FN4O3/c26-21-9-7-17(8-10-21)16-3-5-18(6-4-16)22-23(20-12-27-15-28-13-20)33-25(29-22)30-11-1-2-19(14-30)24(31)32/h3-10,12-13,15,19H,1-2,11,14H2,(H,31,32). The van der Waals surface area contributed by atoms with Gasteiger partial charge in [0.05, 0.1) is 11.5 Å². The normalized spacial score (nSPS) is 16.0. The molecule has 5 rings (SSSR count). The third-order valence-electron chi connectivity index (χ3n) is 5.82. The van der Waals surface area contributed by atoms with Crippen LogP contribution in [-0.2, 0) is 4.79 Å². The predicted octanol–water partition coefficient (Wildman–Crippen LogP) is 4.91. The number of carboxylic acid groups (broad SMARTS) is 1. The number of benzene rings is 2. The van der Waals surface area contributed by atoms with Crippen molar-refractivity contribution in [2.45, 2.75) is 12.8 Å². The van der Waals surface area contributed by atoms with Gasteiger partial charge in [0.2, 0.25) is 0 Å². The van der Waals surface area contributed by atoms with Gasteiger partial charge >= 0.3 is 5.97 Å². The third-order valence-corrected chi connectivity index (χ3v) is 5.82. The van der Waals surface area contributed by atoms with E-state index in [2.05, 4.69) is 9.97 Å². The molecule has 1 aliphatic heterocycles. The zero-order chi connectivity index (χ0) is 22.8. The van der Waals surface area contributed by atoms with Crippen LogP contribution in [0, 0.1) is 11.7 Å². The van der Waals surface area contributed by atoms with Crippen molar-refractivity contribution in [3.63, 3.8) is 0 Å². The maximum Gasteiger partial charge on any atom is 0.308 e. The molecule has 8 heteroatoms. The van der Waals surface area contributed by atoms with Crippen LogP contribution in [0.2, 0.25) is 0 Å². The average Bonchev–Trinajstić information content (AvgIpc) is 3.31. The Bertz CT molecular complexity index is 1260. The fourth-order valence-electron chi connectivity index (χ4n) is 4.07. The summed E-state index contributed by atoms with van der Waals surface area (Å²) >= 11 is 0. The molecule has 2 aromatic heterocycles. The Kier molecular flexibility index (Phi) is 5.56. The van der Waals surface area contributed by atoms with E-state index >= 15 is 0 Å². The lowest BCUT2D eigenvalue weighted by atomic mass is 9.99. The molecule has 2 aromatic carbocycles. The summed E-state index contributed by atoms with van der Waals surface area (Å²) in [5, 5.41) is 9.44. The second-order valence-corrected chi connectivity index (χ2v) is 8.01. The molecule has 0 bridgehead atoms. The molecule has 1 saturated heterocycles. The van der Waals surface area contributed by atoms with Crippen LogP contribution in [0.3, 0.4) is 0 Å². The fraction of sp³-hybridized carbons (Fsp3) is 0.200. The zero-order valence-electron chi connectivity index (χ0n) is 17.7. The molecule has 33 heavy (non-hydrogen) atoms. The summed E-state index contributed by atoms with van der Waals surface area (Å²) in [6.45, 7) is 1.03. The molecule has 4 aromatic rings. The van der Waals surface area contributed by atoms with Gasteiger partial charge in [-0.1, -0.05) is 36.4 Å². The van der Waals surface area contributed by atoms with Crippen LogP contribution in [0.1, 0.15) is 12.8 Å². The lowest BCUT2D eigenvalue weighted by Gasteiger charge is -2.29. The third kappa shape index (κ3) is 4.32. The first-order valence-electron chi connectivity index (χ1n) is 10.7. The van der Waals surface area contributed by atoms with Crippen molar-refractivity contribution >= 4 is 12.0 Å². The zero-order valence-corrected chi connectivity index (χ0v) is 17.7. The number of nitrogens with zero attached hydrogens (tertiary/aromatic N) is 4. The monoisotopic (exact) mass is 444 g/mol. The van der Waals surface area contributed by atoms with Gasteiger partial charge in [-0.3, -0.25) is 4.79 Å². The van der Waals surface area contributed by atoms with Gasteiger partial charge in [0.25, 0.3) is 6.01 Å². The highest BCUT2D eigenvalue weighted by Crippen LogP contribution is 2.37. The first-order chi connectivity index (χ1) is 16.1. The molecule has 1 unspecified atom stereocenters. The SMILES string of the molecule is O=C(O)C1CCCN(c2nc(-c3ccc(-c4ccc(F)cc4)cc3)c(-c3cncnc3)o2)C1. The van der Waals surface area contributed by atoms with E-state index in [9.17, 15) is 14.3 Å². The highest BCUT2D eigenvalue weighted by Gasteiger charge is 2.29. The Labute approximate surface area is 189 Å². The number of piperidine rings is 1. The van der Waals surface area contributed by atoms with Crippen LogP contribution >= 0.6 is 0 Å². The summed E-state index contributed by atoms with van der Waals surface area (Å²) in [6.07, 6.45) is 6.16. The van der Waals surface area contributed by atoms with E-state index in [1.165, 1.54) is 18.5 Å². The van der Waals surface area contributed by atoms with Crippen LogP contribution in [0.25, 0.3) is 33.7 Å². The number of hydrogen-bond donors (Lipinski definition) is 1. The molecule has 3 heterocycles. The van der Waals surface area contributed by atoms with Crippen molar-refractivity contribution < 1.29 is 18.7 Å². The summed E-state index contributed by atoms with van der Waals surface area (Å²) in [7, 11) is 0. The second-order valence-electron chi connectivity index (χ2n) is 8.01. The van der Waals surface area contributed by atoms with Gasteiger partial charge in [-0.2, -0.15) is 4.98 Å². The maximum absolute atomic E-state index is 13.3. The minimum absolute atomic E-state index is 0.275. The van der Waals surface area contributed by atoms with E-state index in [4.69, 9.17) is 9.40 Å². The van der Waals surface area contributed by atoms with E-state index in [1.54, 1.807) is 24.5 Å². The molecule has 166 valence electrons. The van der Waals surface area contributed by atoms with Crippen LogP contribution < -0.4 is 4.90 Å². The summed E-state index contributed by atoms with van der Waals surface area (Å²) < 4.78 is 19.4. The van der Waals surface area contributed by atoms with Gasteiger partial charge in [-0.05, 0) is 36.1 Å². The van der Waals surface area contributed by atoms with Crippen LogP contribution in [0.4, 0.5) is 10.4 Å². The van der Waals surface area contributed by atoms with Gasteiger partial charge in [0.1, 0.15) is 17.8 Å². The molecule has 0 spiro atoms. The van der Waals surface area contributed by atoms with E-state index in [0.29, 0.717) is 42.5 Å². The Balaban J connectivity index is 1.52. The lowest BCUT2D eigenvalue weighted by molar-refractivity contribution is -0.141. The number of carboxylic acids is 1. The first kappa shape index (κ1) is 20.8. The maximum atomic E-state index is 13.3. The van der Waals surface area contributed by atoms with Crippen molar-refractivity contribution in [1.29, 1.82) is 0 Å². The fourth-order valence-corrected chi connectivity index (χ4v) is 4.07. The van der Waals surface area contributed by atoms with Crippen molar-refractivity contribution in [2.75, 3.05) is 18.0 Å². The molecule has 7 nitrogen and oxygen atoms in total. The Morgan fingerprint density at radius 3 is 2.27 bits per heavy atom. The largest absolute Gasteiger partial charge is 0.481 e. The molecule has 0 amide bonds. The quantitative estimate of drug-likeness (QED) is 0.468. The summed E-state index contributed by atoms with van der Waals surface area (Å²) in [6, 6.07) is 14.5. The molecule has 0 aliphatic carbocycles. The molecule has 1 atom stereocenters. The van der Waals surface area contributed by atoms with Crippen molar-refractivity contribution in [2.24, 2.45) is 5.92 Å². The number of hydrogen-bond acceptors (Lipinski definition) is 6. The minimum Gasteiger partial charge on any atom is -0.481 e. The lowest BCUT2D eigenvalue weighted by Crippen LogP contribution is -2.38. The highest BCUT2D eigenvalue weighted by molar-refractivity contribution is 5.79. The molecular formula is C25H21FN4O3. The molecule has 1 aliphatic rings. The summed E-state index contributed by atoms with van der Waals surface area (Å²) in [4.78, 5) is 26.3. The number of oxazole rings is 1. The number of rotatable bonds is 5. The highest BCUT2D eigenvalue weighted by atomic mass is 19.1. The average molecular weight is 444 g/mol. The smallest absolute Gasteiger partial charge is 0.308 e. The van der Waals surface area contributed by atoms with Crippen LogP contribution in [-0.4, -0.2) is 39.1 Å². The van der Waals surface area contributed by atoms with Crippen molar-refractivity contribution in [3.05, 3.63) is 73.1 Å². The molecular weight excluding hydrogens is 423 g/mol. The topological polar surface area (TPSA) is 92.3 Å². The summed E-state index contributed by atoms with van der Waals surface area (Å²) in [5.74, 6) is -1.01. The van der Waals surface area contributed by atoms with E-state index in [1.807, 2.05) is 29.2 Å². The molecule has 1 fully saturated rings. The minimum atomic E-state index is -0.806. The number of anilines is 1. The molecule has 0 saturated carbocycles. The van der Waals surface area contributed by atoms with Gasteiger partial charge in [-0.25, -0.2) is 14.4 Å². The van der Waals surface area contributed by atoms with E-state index in [-0.39, 0.29) is 5.82 Å². The van der Waals surface area contributed by atoms with Gasteiger partial charge in [0.15, 0.2) is 5.76 Å². The van der Waals surface area contributed by atoms with Gasteiger partial charge < -0.3 is 14.4 Å². The Morgan fingerprint density at radius 2 is 1.61 bits per heavy atom. The summed E-state index contributed by atoms with van der Waals surface area (Å²) in [5.41, 5.74) is 4.01. The number of halogens is 1. The number of aliphatic carboxylic acids is 1. The van der Waals surface area contributed by atoms with Crippen molar-refractivity contribution in [1.82, 2.24) is 15.0 Å². The van der Waals surface area contributed by atoms with Crippen molar-refractivity contribution in [3.8, 4) is 33.7 Å². The van der Waals surface area contributed by atoms with E-state index in [0.717, 1.165) is 23.1 Å². The van der Waals surface area contributed by atoms with Crippen LogP contribution in [0.15, 0.2) is 71.7 Å². The first-order valence-corrected chi connectivity index (χ1v) is 10.7. The molecule has 1 N–H and O–H groups in total. The number of aromatic nitrogens is 3. The number of carbonyl (C=O) groups is 1. The Hall–Kier alpha value is -4.07. The molecule has 0 radical (unpaired) electrons. The predicted molar refractivity (Wildman–Crippen MR) is 121 cm³/mol. The van der Waals surface area contributed by atoms with Gasteiger partial charge in [0, 0.05) is 31.0 Å². The second kappa shape index (κ2) is 8.82. The Morgan fingerprint density at radius 1 is 0.970 bits per heavy atom. The van der Waals surface area contributed by atoms with Gasteiger partial charge in [-0.15, -0.1) is 0 Å².